The van der Waals surface area contributed by atoms with Gasteiger partial charge in [0.1, 0.15) is 0 Å². The van der Waals surface area contributed by atoms with Crippen molar-refractivity contribution in [2.24, 2.45) is 5.41 Å². The van der Waals surface area contributed by atoms with Crippen molar-refractivity contribution < 1.29 is 0 Å². The molecule has 0 spiro atoms. The van der Waals surface area contributed by atoms with E-state index in [1.54, 1.807) is 0 Å². The van der Waals surface area contributed by atoms with Gasteiger partial charge in [-0.15, -0.1) is 0 Å². The van der Waals surface area contributed by atoms with Crippen LogP contribution in [0.15, 0.2) is 30.3 Å². The first-order valence-electron chi connectivity index (χ1n) is 7.88. The first kappa shape index (κ1) is 15.9. The Morgan fingerprint density at radius 2 is 1.95 bits per heavy atom. The Morgan fingerprint density at radius 3 is 2.55 bits per heavy atom. The monoisotopic (exact) mass is 291 g/mol. The lowest BCUT2D eigenvalue weighted by atomic mass is 9.85. The maximum atomic E-state index is 3.96. The predicted molar refractivity (Wildman–Crippen MR) is 91.3 cm³/mol. The molecule has 1 aliphatic heterocycles. The number of thioether (sulfide) groups is 1. The van der Waals surface area contributed by atoms with Crippen molar-refractivity contribution in [3.05, 3.63) is 35.9 Å². The van der Waals surface area contributed by atoms with Gasteiger partial charge in [-0.05, 0) is 36.0 Å². The average Bonchev–Trinajstić information content (AvgIpc) is 2.40. The highest BCUT2D eigenvalue weighted by Gasteiger charge is 2.27. The highest BCUT2D eigenvalue weighted by atomic mass is 32.2. The average molecular weight is 292 g/mol. The molecule has 2 rings (SSSR count). The van der Waals surface area contributed by atoms with Gasteiger partial charge in [0.15, 0.2) is 0 Å². The van der Waals surface area contributed by atoms with E-state index in [-0.39, 0.29) is 0 Å². The van der Waals surface area contributed by atoms with Crippen molar-refractivity contribution in [2.75, 3.05) is 5.75 Å². The van der Waals surface area contributed by atoms with E-state index >= 15 is 0 Å². The predicted octanol–water partition coefficient (Wildman–Crippen LogP) is 5.04. The van der Waals surface area contributed by atoms with Crippen molar-refractivity contribution in [1.29, 1.82) is 0 Å². The summed E-state index contributed by atoms with van der Waals surface area (Å²) >= 11 is 2.12. The van der Waals surface area contributed by atoms with Gasteiger partial charge in [0, 0.05) is 17.3 Å². The van der Waals surface area contributed by atoms with Gasteiger partial charge in [-0.2, -0.15) is 11.8 Å². The molecule has 1 N–H and O–H groups in total. The summed E-state index contributed by atoms with van der Waals surface area (Å²) in [6.07, 6.45) is 3.86. The Kier molecular flexibility index (Phi) is 5.57. The van der Waals surface area contributed by atoms with Gasteiger partial charge in [-0.3, -0.25) is 0 Å². The van der Waals surface area contributed by atoms with Crippen LogP contribution in [0.25, 0.3) is 0 Å². The summed E-state index contributed by atoms with van der Waals surface area (Å²) in [7, 11) is 0. The topological polar surface area (TPSA) is 12.0 Å². The fraction of sp³-hybridized carbons (Fsp3) is 0.667. The minimum atomic E-state index is 0.346. The second-order valence-electron chi connectivity index (χ2n) is 7.22. The zero-order valence-corrected chi connectivity index (χ0v) is 14.2. The number of benzene rings is 1. The van der Waals surface area contributed by atoms with Crippen LogP contribution >= 0.6 is 11.8 Å². The van der Waals surface area contributed by atoms with Crippen LogP contribution in [0.1, 0.15) is 58.6 Å². The molecule has 0 radical (unpaired) electrons. The molecule has 0 aliphatic carbocycles. The molecule has 3 unspecified atom stereocenters. The molecule has 1 aromatic rings. The molecule has 1 aromatic carbocycles. The fourth-order valence-electron chi connectivity index (χ4n) is 2.97. The van der Waals surface area contributed by atoms with E-state index in [0.29, 0.717) is 17.5 Å². The number of nitrogens with one attached hydrogen (secondary N) is 1. The Bertz CT molecular complexity index is 396. The molecule has 0 saturated carbocycles. The first-order chi connectivity index (χ1) is 9.46. The van der Waals surface area contributed by atoms with E-state index in [1.807, 2.05) is 0 Å². The quantitative estimate of drug-likeness (QED) is 0.834. The number of hydrogen-bond donors (Lipinski definition) is 1. The second kappa shape index (κ2) is 7.00. The Labute approximate surface area is 128 Å². The van der Waals surface area contributed by atoms with Crippen LogP contribution in [0.2, 0.25) is 0 Å². The lowest BCUT2D eigenvalue weighted by Crippen LogP contribution is -2.42. The lowest BCUT2D eigenvalue weighted by Gasteiger charge is -2.35. The standard InChI is InChI=1S/C18H29NS/c1-14-16(11-8-12-20-14)19-17(13-18(2,3)4)15-9-6-5-7-10-15/h5-7,9-10,14,16-17,19H,8,11-13H2,1-4H3. The zero-order chi connectivity index (χ0) is 14.6. The van der Waals surface area contributed by atoms with Crippen LogP contribution in [-0.4, -0.2) is 17.0 Å². The lowest BCUT2D eigenvalue weighted by molar-refractivity contribution is 0.285. The zero-order valence-electron chi connectivity index (χ0n) is 13.4. The summed E-state index contributed by atoms with van der Waals surface area (Å²) in [5.41, 5.74) is 1.78. The first-order valence-corrected chi connectivity index (χ1v) is 8.93. The van der Waals surface area contributed by atoms with Gasteiger partial charge in [-0.1, -0.05) is 58.0 Å². The third-order valence-corrected chi connectivity index (χ3v) is 5.42. The smallest absolute Gasteiger partial charge is 0.0328 e. The summed E-state index contributed by atoms with van der Waals surface area (Å²) in [6.45, 7) is 9.39. The maximum Gasteiger partial charge on any atom is 0.0328 e. The van der Waals surface area contributed by atoms with E-state index in [2.05, 4.69) is 75.1 Å². The van der Waals surface area contributed by atoms with Crippen molar-refractivity contribution in [1.82, 2.24) is 5.32 Å². The van der Waals surface area contributed by atoms with Gasteiger partial charge in [0.2, 0.25) is 0 Å². The molecule has 0 amide bonds. The van der Waals surface area contributed by atoms with E-state index in [1.165, 1.54) is 30.6 Å². The van der Waals surface area contributed by atoms with Crippen LogP contribution in [-0.2, 0) is 0 Å². The molecule has 1 aliphatic rings. The van der Waals surface area contributed by atoms with E-state index in [4.69, 9.17) is 0 Å². The van der Waals surface area contributed by atoms with E-state index < -0.39 is 0 Å². The third-order valence-electron chi connectivity index (χ3n) is 4.04. The van der Waals surface area contributed by atoms with E-state index in [0.717, 1.165) is 5.25 Å². The summed E-state index contributed by atoms with van der Waals surface area (Å²) in [6, 6.07) is 12.1. The minimum Gasteiger partial charge on any atom is -0.306 e. The van der Waals surface area contributed by atoms with Crippen molar-refractivity contribution in [2.45, 2.75) is 64.3 Å². The molecular weight excluding hydrogens is 262 g/mol. The summed E-state index contributed by atoms with van der Waals surface area (Å²) in [4.78, 5) is 0. The Balaban J connectivity index is 2.10. The Morgan fingerprint density at radius 1 is 1.25 bits per heavy atom. The Hall–Kier alpha value is -0.470. The van der Waals surface area contributed by atoms with Crippen LogP contribution in [0.5, 0.6) is 0 Å². The normalized spacial score (nSPS) is 25.4. The number of hydrogen-bond acceptors (Lipinski definition) is 2. The van der Waals surface area contributed by atoms with Gasteiger partial charge in [0.05, 0.1) is 0 Å². The molecular formula is C18H29NS. The molecule has 1 fully saturated rings. The highest BCUT2D eigenvalue weighted by molar-refractivity contribution is 7.99. The van der Waals surface area contributed by atoms with E-state index in [9.17, 15) is 0 Å². The molecule has 1 heterocycles. The van der Waals surface area contributed by atoms with Crippen molar-refractivity contribution in [3.8, 4) is 0 Å². The van der Waals surface area contributed by atoms with Gasteiger partial charge in [0.25, 0.3) is 0 Å². The summed E-state index contributed by atoms with van der Waals surface area (Å²) < 4.78 is 0. The van der Waals surface area contributed by atoms with Gasteiger partial charge < -0.3 is 5.32 Å². The highest BCUT2D eigenvalue weighted by Crippen LogP contribution is 2.32. The van der Waals surface area contributed by atoms with Gasteiger partial charge >= 0.3 is 0 Å². The van der Waals surface area contributed by atoms with Crippen LogP contribution < -0.4 is 5.32 Å². The van der Waals surface area contributed by atoms with Crippen LogP contribution in [0.4, 0.5) is 0 Å². The third kappa shape index (κ3) is 4.82. The maximum absolute atomic E-state index is 3.96. The number of rotatable bonds is 4. The second-order valence-corrected chi connectivity index (χ2v) is 8.70. The largest absolute Gasteiger partial charge is 0.306 e. The molecule has 3 atom stereocenters. The molecule has 2 heteroatoms. The summed E-state index contributed by atoms with van der Waals surface area (Å²) in [5, 5.41) is 4.69. The van der Waals surface area contributed by atoms with Crippen molar-refractivity contribution in [3.63, 3.8) is 0 Å². The molecule has 112 valence electrons. The molecule has 1 nitrogen and oxygen atoms in total. The molecule has 20 heavy (non-hydrogen) atoms. The minimum absolute atomic E-state index is 0.346. The molecule has 1 saturated heterocycles. The fourth-order valence-corrected chi connectivity index (χ4v) is 4.12. The molecule has 0 bridgehead atoms. The molecule has 0 aromatic heterocycles. The van der Waals surface area contributed by atoms with Crippen LogP contribution in [0.3, 0.4) is 0 Å². The SMILES string of the molecule is CC1SCCCC1NC(CC(C)(C)C)c1ccccc1. The van der Waals surface area contributed by atoms with Gasteiger partial charge in [-0.25, -0.2) is 0 Å². The van der Waals surface area contributed by atoms with Crippen LogP contribution in [0, 0.1) is 5.41 Å². The summed E-state index contributed by atoms with van der Waals surface area (Å²) in [5.74, 6) is 1.33. The van der Waals surface area contributed by atoms with Crippen molar-refractivity contribution >= 4 is 11.8 Å².